The Balaban J connectivity index is 1.71. The third kappa shape index (κ3) is 10.8. The molecule has 0 atom stereocenters. The molecule has 0 saturated carbocycles. The maximum absolute atomic E-state index is 13.0. The smallest absolute Gasteiger partial charge is 0.415 e. The zero-order valence-electron chi connectivity index (χ0n) is 25.0. The first kappa shape index (κ1) is 33.8. The van der Waals surface area contributed by atoms with Crippen LogP contribution in [0.4, 0.5) is 16.2 Å². The number of aryl methyl sites for hydroxylation is 1. The van der Waals surface area contributed by atoms with Gasteiger partial charge in [-0.05, 0) is 71.7 Å². The number of carbonyl (C=O) groups is 2. The molecule has 3 rings (SSSR count). The summed E-state index contributed by atoms with van der Waals surface area (Å²) < 4.78 is 10.3. The summed E-state index contributed by atoms with van der Waals surface area (Å²) in [5.74, 6) is 0.275. The Kier molecular flexibility index (Phi) is 12.4. The summed E-state index contributed by atoms with van der Waals surface area (Å²) in [4.78, 5) is 64.9. The molecular weight excluding hydrogens is 594 g/mol. The number of aliphatic imine (C=N–C) groups is 1. The van der Waals surface area contributed by atoms with Crippen LogP contribution >= 0.6 is 23.9 Å². The van der Waals surface area contributed by atoms with E-state index in [9.17, 15) is 19.4 Å². The van der Waals surface area contributed by atoms with Crippen molar-refractivity contribution in [3.05, 3.63) is 63.9 Å². The van der Waals surface area contributed by atoms with Crippen molar-refractivity contribution in [1.29, 1.82) is 0 Å². The molecule has 232 valence electrons. The summed E-state index contributed by atoms with van der Waals surface area (Å²) in [7, 11) is 0. The van der Waals surface area contributed by atoms with Crippen LogP contribution in [0.15, 0.2) is 62.7 Å². The number of nitroso groups, excluding NO2 is 2. The summed E-state index contributed by atoms with van der Waals surface area (Å²) in [5.41, 5.74) is 2.66. The quantitative estimate of drug-likeness (QED) is 0.0798. The van der Waals surface area contributed by atoms with Gasteiger partial charge in [-0.2, -0.15) is 0 Å². The second kappa shape index (κ2) is 15.7. The molecule has 0 aromatic heterocycles. The highest BCUT2D eigenvalue weighted by atomic mass is 32.2. The van der Waals surface area contributed by atoms with Gasteiger partial charge in [-0.25, -0.2) is 9.59 Å². The molecular formula is C29H37N5O7S2. The van der Waals surface area contributed by atoms with Gasteiger partial charge in [0.15, 0.2) is 5.75 Å². The Morgan fingerprint density at radius 1 is 0.977 bits per heavy atom. The molecule has 1 heterocycles. The predicted octanol–water partition coefficient (Wildman–Crippen LogP) is 7.38. The SMILES string of the molecule is Cc1ccc(N(CC2=NCCN2C(=O)OCCC(C)(C)SN=O)c2cccc(OOC(=O)CCC(C)(C)SN=O)c2)cc1. The van der Waals surface area contributed by atoms with E-state index in [-0.39, 0.29) is 19.6 Å². The lowest BCUT2D eigenvalue weighted by atomic mass is 10.1. The van der Waals surface area contributed by atoms with Crippen LogP contribution in [-0.4, -0.2) is 58.5 Å². The van der Waals surface area contributed by atoms with Gasteiger partial charge in [-0.15, -0.1) is 9.81 Å². The summed E-state index contributed by atoms with van der Waals surface area (Å²) in [6.07, 6.45) is 0.408. The third-order valence-corrected chi connectivity index (χ3v) is 8.13. The number of ether oxygens (including phenoxy) is 1. The lowest BCUT2D eigenvalue weighted by Gasteiger charge is -2.28. The van der Waals surface area contributed by atoms with Gasteiger partial charge in [0.25, 0.3) is 0 Å². The topological polar surface area (TPSA) is 140 Å². The van der Waals surface area contributed by atoms with E-state index in [1.165, 1.54) is 4.90 Å². The normalized spacial score (nSPS) is 13.2. The highest BCUT2D eigenvalue weighted by Crippen LogP contribution is 2.32. The monoisotopic (exact) mass is 631 g/mol. The number of carbonyl (C=O) groups excluding carboxylic acids is 2. The van der Waals surface area contributed by atoms with E-state index in [0.717, 1.165) is 40.8 Å². The molecule has 0 saturated heterocycles. The Labute approximate surface area is 260 Å². The zero-order valence-corrected chi connectivity index (χ0v) is 26.6. The molecule has 12 nitrogen and oxygen atoms in total. The summed E-state index contributed by atoms with van der Waals surface area (Å²) in [6.45, 7) is 10.6. The van der Waals surface area contributed by atoms with E-state index in [4.69, 9.17) is 14.5 Å². The van der Waals surface area contributed by atoms with Crippen LogP contribution in [0.1, 0.15) is 52.5 Å². The van der Waals surface area contributed by atoms with Crippen molar-refractivity contribution < 1.29 is 24.1 Å². The van der Waals surface area contributed by atoms with Crippen LogP contribution < -0.4 is 9.79 Å². The lowest BCUT2D eigenvalue weighted by molar-refractivity contribution is -0.213. The van der Waals surface area contributed by atoms with Gasteiger partial charge in [-0.3, -0.25) is 19.7 Å². The molecule has 14 heteroatoms. The summed E-state index contributed by atoms with van der Waals surface area (Å²) in [6, 6.07) is 14.9. The Morgan fingerprint density at radius 3 is 2.33 bits per heavy atom. The number of amidine groups is 1. The van der Waals surface area contributed by atoms with Gasteiger partial charge >= 0.3 is 12.1 Å². The average molecular weight is 632 g/mol. The van der Waals surface area contributed by atoms with Crippen molar-refractivity contribution in [2.24, 2.45) is 14.2 Å². The maximum Gasteiger partial charge on any atom is 0.415 e. The van der Waals surface area contributed by atoms with Gasteiger partial charge in [0.05, 0.1) is 32.7 Å². The number of hydrogen-bond donors (Lipinski definition) is 0. The van der Waals surface area contributed by atoms with Crippen LogP contribution in [0, 0.1) is 16.7 Å². The first-order valence-corrected chi connectivity index (χ1v) is 15.3. The first-order chi connectivity index (χ1) is 20.4. The third-order valence-electron chi connectivity index (χ3n) is 6.58. The molecule has 0 aliphatic carbocycles. The maximum atomic E-state index is 13.0. The molecule has 0 fully saturated rings. The van der Waals surface area contributed by atoms with Crippen LogP contribution in [0.25, 0.3) is 0 Å². The molecule has 43 heavy (non-hydrogen) atoms. The van der Waals surface area contributed by atoms with Gasteiger partial charge in [0, 0.05) is 60.0 Å². The lowest BCUT2D eigenvalue weighted by Crippen LogP contribution is -2.41. The second-order valence-electron chi connectivity index (χ2n) is 11.1. The molecule has 0 N–H and O–H groups in total. The van der Waals surface area contributed by atoms with Crippen molar-refractivity contribution in [2.45, 2.75) is 63.4 Å². The minimum Gasteiger partial charge on any atom is -0.449 e. The molecule has 1 aliphatic rings. The van der Waals surface area contributed by atoms with Crippen molar-refractivity contribution in [3.8, 4) is 5.75 Å². The molecule has 0 radical (unpaired) electrons. The Morgan fingerprint density at radius 2 is 1.65 bits per heavy atom. The second-order valence-corrected chi connectivity index (χ2v) is 14.0. The van der Waals surface area contributed by atoms with Crippen molar-refractivity contribution in [1.82, 2.24) is 4.90 Å². The first-order valence-electron chi connectivity index (χ1n) is 13.7. The number of anilines is 2. The van der Waals surface area contributed by atoms with Gasteiger partial charge < -0.3 is 9.64 Å². The van der Waals surface area contributed by atoms with Crippen molar-refractivity contribution >= 4 is 53.2 Å². The zero-order chi connectivity index (χ0) is 31.5. The number of nitrogens with zero attached hydrogens (tertiary/aromatic N) is 5. The molecule has 0 unspecified atom stereocenters. The largest absolute Gasteiger partial charge is 0.449 e. The number of rotatable bonds is 16. The number of benzene rings is 2. The van der Waals surface area contributed by atoms with Crippen LogP contribution in [0.5, 0.6) is 5.75 Å². The van der Waals surface area contributed by atoms with Crippen molar-refractivity contribution in [3.63, 3.8) is 0 Å². The molecule has 1 aliphatic heterocycles. The molecule has 0 bridgehead atoms. The fourth-order valence-corrected chi connectivity index (χ4v) is 4.79. The minimum atomic E-state index is -0.570. The van der Waals surface area contributed by atoms with E-state index in [1.54, 1.807) is 18.2 Å². The van der Waals surface area contributed by atoms with Crippen LogP contribution in [-0.2, 0) is 14.4 Å². The number of hydrogen-bond acceptors (Lipinski definition) is 13. The van der Waals surface area contributed by atoms with E-state index in [0.29, 0.717) is 37.5 Å². The number of amides is 1. The highest BCUT2D eigenvalue weighted by Gasteiger charge is 2.29. The van der Waals surface area contributed by atoms with E-state index >= 15 is 0 Å². The van der Waals surface area contributed by atoms with E-state index < -0.39 is 21.6 Å². The standard InChI is InChI=1S/C29H37N5O7S2/c1-21-9-11-22(12-10-21)34(20-25-30-16-17-33(25)27(36)39-18-15-29(4,5)43-32-38)23-7-6-8-24(19-23)40-41-26(35)13-14-28(2,3)42-31-37/h6-12,19H,13-18,20H2,1-5H3. The van der Waals surface area contributed by atoms with Crippen molar-refractivity contribution in [2.75, 3.05) is 31.1 Å². The average Bonchev–Trinajstić information content (AvgIpc) is 3.43. The molecule has 2 aromatic carbocycles. The molecule has 2 aromatic rings. The van der Waals surface area contributed by atoms with Crippen LogP contribution in [0.2, 0.25) is 0 Å². The summed E-state index contributed by atoms with van der Waals surface area (Å²) in [5, 5.41) is 0. The fraction of sp³-hybridized carbons (Fsp3) is 0.483. The van der Waals surface area contributed by atoms with Crippen LogP contribution in [0.3, 0.4) is 0 Å². The highest BCUT2D eigenvalue weighted by molar-refractivity contribution is 7.99. The van der Waals surface area contributed by atoms with Gasteiger partial charge in [0.2, 0.25) is 0 Å². The fourth-order valence-electron chi connectivity index (χ4n) is 4.02. The van der Waals surface area contributed by atoms with Gasteiger partial charge in [-0.1, -0.05) is 23.8 Å². The van der Waals surface area contributed by atoms with E-state index in [1.807, 2.05) is 69.9 Å². The molecule has 1 amide bonds. The Hall–Kier alpha value is -3.65. The van der Waals surface area contributed by atoms with E-state index in [2.05, 4.69) is 14.2 Å². The van der Waals surface area contributed by atoms with Gasteiger partial charge in [0.1, 0.15) is 5.84 Å². The minimum absolute atomic E-state index is 0.0563. The Bertz CT molecular complexity index is 1300. The molecule has 0 spiro atoms. The summed E-state index contributed by atoms with van der Waals surface area (Å²) >= 11 is 1.79. The predicted molar refractivity (Wildman–Crippen MR) is 170 cm³/mol.